The molecule has 0 radical (unpaired) electrons. The lowest BCUT2D eigenvalue weighted by Gasteiger charge is -2.50. The van der Waals surface area contributed by atoms with Crippen LogP contribution < -0.4 is 10.5 Å². The Kier molecular flexibility index (Phi) is 28.2. The molecule has 3 saturated heterocycles. The zero-order valence-electron chi connectivity index (χ0n) is 55.9. The number of nitrogen functional groups attached to an aromatic ring is 1. The third kappa shape index (κ3) is 19.9. The van der Waals surface area contributed by atoms with Gasteiger partial charge >= 0.3 is 5.97 Å². The van der Waals surface area contributed by atoms with Crippen LogP contribution in [0.2, 0.25) is 20.1 Å². The highest BCUT2D eigenvalue weighted by molar-refractivity contribution is 7.92. The largest absolute Gasteiger partial charge is 0.459 e. The van der Waals surface area contributed by atoms with Crippen LogP contribution in [0.3, 0.4) is 0 Å². The van der Waals surface area contributed by atoms with Crippen LogP contribution in [0.15, 0.2) is 94.9 Å². The quantitative estimate of drug-likeness (QED) is 0.0372. The predicted octanol–water partition coefficient (Wildman–Crippen LogP) is 10.3. The molecule has 2 aromatic heterocycles. The maximum atomic E-state index is 14.2. The highest BCUT2D eigenvalue weighted by Crippen LogP contribution is 2.42. The number of ketones is 1. The van der Waals surface area contributed by atoms with Gasteiger partial charge in [-0.2, -0.15) is 0 Å². The highest BCUT2D eigenvalue weighted by atomic mass is 35.5. The average Bonchev–Trinajstić information content (AvgIpc) is 0.855. The summed E-state index contributed by atoms with van der Waals surface area (Å²) in [6.07, 6.45) is -3.70. The van der Waals surface area contributed by atoms with Gasteiger partial charge in [0.1, 0.15) is 41.6 Å². The molecule has 0 bridgehead atoms. The van der Waals surface area contributed by atoms with E-state index in [0.717, 1.165) is 11.1 Å². The summed E-state index contributed by atoms with van der Waals surface area (Å²) < 4.78 is 82.8. The zero-order chi connectivity index (χ0) is 69.9. The number of nitrogens with zero attached hydrogens (tertiary/aromatic N) is 4. The second kappa shape index (κ2) is 33.8. The second-order valence-corrected chi connectivity index (χ2v) is 29.0. The number of nitrogens with two attached hydrogens (primary N) is 1. The fraction of sp³-hybridized carbons (Fsp3) is 0.606. The Morgan fingerprint density at radius 1 is 0.840 bits per heavy atom. The molecule has 3 fully saturated rings. The molecule has 5 heterocycles. The zero-order valence-corrected chi connectivity index (χ0v) is 59.8. The molecular weight excluding hydrogens is 1320 g/mol. The number of hydrogen-bond acceptors (Lipinski definition) is 21. The van der Waals surface area contributed by atoms with Crippen molar-refractivity contribution >= 4 is 79.7 Å². The van der Waals surface area contributed by atoms with E-state index in [2.05, 4.69) is 14.9 Å². The Bertz CT molecular complexity index is 3350. The van der Waals surface area contributed by atoms with E-state index in [1.165, 1.54) is 51.5 Å². The van der Waals surface area contributed by atoms with Gasteiger partial charge in [0.05, 0.1) is 72.0 Å². The Balaban J connectivity index is 0.000000270. The first-order chi connectivity index (χ1) is 44.0. The molecule has 2 unspecified atom stereocenters. The Morgan fingerprint density at radius 3 is 2.04 bits per heavy atom. The van der Waals surface area contributed by atoms with Crippen LogP contribution >= 0.6 is 46.4 Å². The number of imidazole rings is 1. The normalized spacial score (nSPS) is 32.4. The van der Waals surface area contributed by atoms with Crippen molar-refractivity contribution < 1.29 is 80.9 Å². The summed E-state index contributed by atoms with van der Waals surface area (Å²) in [5.74, 6) is -3.79. The summed E-state index contributed by atoms with van der Waals surface area (Å²) in [6.45, 7) is 19.6. The van der Waals surface area contributed by atoms with Gasteiger partial charge in [-0.3, -0.25) is 14.3 Å². The maximum Gasteiger partial charge on any atom is 0.311 e. The van der Waals surface area contributed by atoms with Gasteiger partial charge in [-0.15, -0.1) is 0 Å². The number of cyclic esters (lactones) is 1. The van der Waals surface area contributed by atoms with Crippen LogP contribution in [0.5, 0.6) is 0 Å². The lowest BCUT2D eigenvalue weighted by Crippen LogP contribution is -2.61. The number of anilines is 2. The molecule has 0 aliphatic carbocycles. The number of hydrogen-bond donors (Lipinski definition) is 6. The summed E-state index contributed by atoms with van der Waals surface area (Å²) >= 11 is 24.5. The number of aliphatic hydroxyl groups is 4. The number of ether oxygens (including phenoxy) is 8. The SMILES string of the molecule is CC[C@H]1OC(=O)[C@H](C)[C@@H](O[C@H]2C[C@@](C)(OC)[C@@H](O)[C@H](C)O2)C(C)[C@@H](O[C@@H]2O[C@H](C)C[C@H](N(C)C)[C@H]2O)[C@](C)(OC)C[C@@H](C)C(=O)[C@H](C)[C@@H](O)[C@]1(C)O.Cc1cc(NS(=O)(=O)c2ccc(N)cc2)no1.Clc1ccc(COC(Cn2ccnc2)c2ccc(Cl)cc2Cl)c(Cl)c1. The number of Topliss-reactive ketones (excluding diaryl/α,β-unsaturated/α-hetero) is 1. The first-order valence-electron chi connectivity index (χ1n) is 31.2. The number of esters is 1. The lowest BCUT2D eigenvalue weighted by molar-refractivity contribution is -0.319. The molecule has 0 amide bonds. The Morgan fingerprint density at radius 2 is 1.48 bits per heavy atom. The van der Waals surface area contributed by atoms with Gasteiger partial charge in [0, 0.05) is 94.2 Å². The second-order valence-electron chi connectivity index (χ2n) is 25.6. The number of carbonyl (C=O) groups is 2. The summed E-state index contributed by atoms with van der Waals surface area (Å²) in [5.41, 5.74) is 3.45. The summed E-state index contributed by atoms with van der Waals surface area (Å²) in [5, 5.41) is 51.4. The molecule has 23 nitrogen and oxygen atoms in total. The molecule has 8 rings (SSSR count). The van der Waals surface area contributed by atoms with Crippen molar-refractivity contribution in [3.8, 4) is 0 Å². The van der Waals surface area contributed by atoms with Gasteiger partial charge in [-0.25, -0.2) is 13.4 Å². The molecule has 3 aliphatic rings. The van der Waals surface area contributed by atoms with Crippen molar-refractivity contribution in [3.05, 3.63) is 122 Å². The molecule has 3 aliphatic heterocycles. The van der Waals surface area contributed by atoms with E-state index in [0.29, 0.717) is 51.1 Å². The minimum atomic E-state index is -3.64. The number of rotatable bonds is 17. The fourth-order valence-corrected chi connectivity index (χ4v) is 14.2. The minimum Gasteiger partial charge on any atom is -0.459 e. The molecule has 0 saturated carbocycles. The first-order valence-corrected chi connectivity index (χ1v) is 34.2. The molecule has 94 heavy (non-hydrogen) atoms. The summed E-state index contributed by atoms with van der Waals surface area (Å²) in [7, 11) is 3.12. The van der Waals surface area contributed by atoms with E-state index in [4.69, 9.17) is 94.6 Å². The fourth-order valence-electron chi connectivity index (χ4n) is 12.3. The van der Waals surface area contributed by atoms with E-state index in [1.807, 2.05) is 55.7 Å². The average molecular weight is 1420 g/mol. The van der Waals surface area contributed by atoms with E-state index in [-0.39, 0.29) is 54.0 Å². The predicted molar refractivity (Wildman–Crippen MR) is 357 cm³/mol. The van der Waals surface area contributed by atoms with Crippen LogP contribution in [-0.2, 0) is 70.7 Å². The molecule has 524 valence electrons. The minimum absolute atomic E-state index is 0.111. The topological polar surface area (TPSA) is 308 Å². The molecule has 5 aromatic rings. The van der Waals surface area contributed by atoms with Crippen molar-refractivity contribution in [2.45, 2.75) is 210 Å². The van der Waals surface area contributed by atoms with Crippen LogP contribution in [0.25, 0.3) is 0 Å². The molecule has 0 spiro atoms. The third-order valence-corrected chi connectivity index (χ3v) is 20.5. The van der Waals surface area contributed by atoms with Crippen molar-refractivity contribution in [1.82, 2.24) is 19.6 Å². The number of likely N-dealkylation sites (N-methyl/N-ethyl adjacent to an activating group) is 1. The van der Waals surface area contributed by atoms with Crippen molar-refractivity contribution in [1.29, 1.82) is 0 Å². The van der Waals surface area contributed by atoms with Crippen molar-refractivity contribution in [2.75, 3.05) is 38.8 Å². The summed E-state index contributed by atoms with van der Waals surface area (Å²) in [4.78, 5) is 34.3. The number of nitrogens with one attached hydrogen (secondary N) is 1. The van der Waals surface area contributed by atoms with Gasteiger partial charge in [0.2, 0.25) is 0 Å². The van der Waals surface area contributed by atoms with E-state index < -0.39 is 112 Å². The Labute approximate surface area is 572 Å². The molecule has 19 atom stereocenters. The monoisotopic (exact) mass is 1410 g/mol. The van der Waals surface area contributed by atoms with Gasteiger partial charge in [-0.05, 0) is 136 Å². The van der Waals surface area contributed by atoms with E-state index in [9.17, 15) is 38.4 Å². The van der Waals surface area contributed by atoms with Crippen LogP contribution in [0.1, 0.15) is 118 Å². The van der Waals surface area contributed by atoms with Crippen LogP contribution in [0.4, 0.5) is 11.5 Å². The smallest absolute Gasteiger partial charge is 0.311 e. The van der Waals surface area contributed by atoms with Gasteiger partial charge in [0.15, 0.2) is 18.4 Å². The van der Waals surface area contributed by atoms with E-state index in [1.54, 1.807) is 92.2 Å². The summed E-state index contributed by atoms with van der Waals surface area (Å²) in [6, 6.07) is 17.8. The standard InChI is InChI=1S/C38H69NO13.C18H14Cl4N2O.C10H11N3O3S/c1-15-26-38(10,45)31(42)21(4)28(40)19(2)17-37(9,47-14)33(52-35-29(41)25(39(11)12)16-20(3)48-35)22(5)30(23(6)34(44)50-26)51-27-18-36(8,46-13)32(43)24(7)49-27;19-13-2-1-12(16(21)7-13)10-25-18(9-24-6-5-23-11-24)15-4-3-14(20)8-17(15)22;1-7-6-10(12-16-7)13-17(14,15)9-4-2-8(11)3-5-9/h19-27,29-33,35,41-43,45H,15-18H2,1-14H3;1-8,11,18H,9-10H2;2-6H,11H2,1H3,(H,12,13)/t19-,20-,21+,22?,23-,24+,25+,26-,27+,29-,30+,31-,32+,33-,35+,36-,37-,38-;;/m1../s1. The first kappa shape index (κ1) is 78.4. The Hall–Kier alpha value is -4.55. The van der Waals surface area contributed by atoms with Crippen molar-refractivity contribution in [3.63, 3.8) is 0 Å². The van der Waals surface area contributed by atoms with Gasteiger partial charge in [0.25, 0.3) is 10.0 Å². The number of halogens is 4. The lowest BCUT2D eigenvalue weighted by atomic mass is 9.74. The number of aliphatic hydroxyl groups excluding tert-OH is 3. The number of aryl methyl sites for hydroxylation is 1. The van der Waals surface area contributed by atoms with Crippen molar-refractivity contribution in [2.24, 2.45) is 23.7 Å². The number of methoxy groups -OCH3 is 2. The molecule has 3 aromatic carbocycles. The van der Waals surface area contributed by atoms with E-state index >= 15 is 0 Å². The van der Waals surface area contributed by atoms with Gasteiger partial charge in [-0.1, -0.05) is 91.4 Å². The van der Waals surface area contributed by atoms with Crippen LogP contribution in [-0.4, -0.2) is 173 Å². The number of aromatic nitrogens is 3. The maximum absolute atomic E-state index is 14.2. The molecular formula is C66H94Cl4N6O17S. The number of benzene rings is 3. The third-order valence-electron chi connectivity index (χ3n) is 18.0. The molecule has 28 heteroatoms. The number of sulfonamides is 1. The molecule has 7 N–H and O–H groups in total. The van der Waals surface area contributed by atoms with Crippen LogP contribution in [0, 0.1) is 30.6 Å². The van der Waals surface area contributed by atoms with Gasteiger partial charge < -0.3 is 78.0 Å². The number of carbonyl (C=O) groups excluding carboxylic acids is 2. The highest BCUT2D eigenvalue weighted by Gasteiger charge is 2.54.